The molecule has 0 saturated carbocycles. The maximum absolute atomic E-state index is 13.4. The first-order valence-electron chi connectivity index (χ1n) is 6.51. The van der Waals surface area contributed by atoms with Crippen LogP contribution in [0, 0.1) is 17.6 Å². The van der Waals surface area contributed by atoms with Gasteiger partial charge < -0.3 is 14.7 Å². The van der Waals surface area contributed by atoms with Gasteiger partial charge >= 0.3 is 0 Å². The molecular formula is C14H17F2NO3. The standard InChI is InChI=1S/C14H17F2NO3/c1-9-4-5-17(12(9)7-18)14(19)8-20-13-3-2-10(15)6-11(13)16/h2-3,6,9,12,18H,4-5,7-8H2,1H3. The molecule has 2 rings (SSSR count). The molecule has 110 valence electrons. The minimum atomic E-state index is -0.841. The van der Waals surface area contributed by atoms with Crippen LogP contribution >= 0.6 is 0 Å². The van der Waals surface area contributed by atoms with E-state index in [2.05, 4.69) is 0 Å². The molecule has 1 aromatic rings. The highest BCUT2D eigenvalue weighted by molar-refractivity contribution is 5.78. The molecule has 0 aromatic heterocycles. The average molecular weight is 285 g/mol. The van der Waals surface area contributed by atoms with Crippen molar-refractivity contribution in [2.75, 3.05) is 19.8 Å². The summed E-state index contributed by atoms with van der Waals surface area (Å²) in [7, 11) is 0. The molecule has 0 bridgehead atoms. The van der Waals surface area contributed by atoms with Crippen molar-refractivity contribution < 1.29 is 23.4 Å². The molecule has 0 radical (unpaired) electrons. The molecular weight excluding hydrogens is 268 g/mol. The van der Waals surface area contributed by atoms with Crippen molar-refractivity contribution in [2.24, 2.45) is 5.92 Å². The maximum Gasteiger partial charge on any atom is 0.260 e. The quantitative estimate of drug-likeness (QED) is 0.913. The number of benzene rings is 1. The molecule has 1 N–H and O–H groups in total. The van der Waals surface area contributed by atoms with Gasteiger partial charge in [-0.25, -0.2) is 8.78 Å². The Morgan fingerprint density at radius 2 is 2.25 bits per heavy atom. The first kappa shape index (κ1) is 14.7. The fourth-order valence-electron chi connectivity index (χ4n) is 2.41. The maximum atomic E-state index is 13.4. The Kier molecular flexibility index (Phi) is 4.54. The summed E-state index contributed by atoms with van der Waals surface area (Å²) < 4.78 is 31.2. The minimum Gasteiger partial charge on any atom is -0.481 e. The van der Waals surface area contributed by atoms with E-state index in [-0.39, 0.29) is 36.8 Å². The highest BCUT2D eigenvalue weighted by Gasteiger charge is 2.33. The Hall–Kier alpha value is -1.69. The van der Waals surface area contributed by atoms with E-state index in [1.165, 1.54) is 0 Å². The van der Waals surface area contributed by atoms with Gasteiger partial charge in [-0.2, -0.15) is 0 Å². The highest BCUT2D eigenvalue weighted by atomic mass is 19.1. The van der Waals surface area contributed by atoms with Crippen LogP contribution in [0.2, 0.25) is 0 Å². The third kappa shape index (κ3) is 3.07. The lowest BCUT2D eigenvalue weighted by atomic mass is 10.0. The van der Waals surface area contributed by atoms with E-state index in [4.69, 9.17) is 4.74 Å². The number of hydrogen-bond donors (Lipinski definition) is 1. The normalized spacial score (nSPS) is 22.1. The van der Waals surface area contributed by atoms with Crippen LogP contribution in [-0.4, -0.2) is 41.7 Å². The number of rotatable bonds is 4. The summed E-state index contributed by atoms with van der Waals surface area (Å²) in [6.45, 7) is 2.10. The number of hydrogen-bond acceptors (Lipinski definition) is 3. The van der Waals surface area contributed by atoms with E-state index in [0.29, 0.717) is 12.6 Å². The van der Waals surface area contributed by atoms with Gasteiger partial charge in [0.05, 0.1) is 12.6 Å². The van der Waals surface area contributed by atoms with Crippen LogP contribution in [0.5, 0.6) is 5.75 Å². The Bertz CT molecular complexity index is 495. The molecule has 1 aliphatic heterocycles. The van der Waals surface area contributed by atoms with E-state index >= 15 is 0 Å². The van der Waals surface area contributed by atoms with Crippen LogP contribution in [-0.2, 0) is 4.79 Å². The summed E-state index contributed by atoms with van der Waals surface area (Å²) >= 11 is 0. The third-order valence-corrected chi connectivity index (χ3v) is 3.64. The second-order valence-corrected chi connectivity index (χ2v) is 4.97. The average Bonchev–Trinajstić information content (AvgIpc) is 2.78. The van der Waals surface area contributed by atoms with E-state index in [0.717, 1.165) is 18.6 Å². The van der Waals surface area contributed by atoms with Gasteiger partial charge in [-0.1, -0.05) is 6.92 Å². The number of halogens is 2. The van der Waals surface area contributed by atoms with Gasteiger partial charge in [-0.05, 0) is 24.5 Å². The lowest BCUT2D eigenvalue weighted by Crippen LogP contribution is -2.42. The molecule has 1 amide bonds. The number of amides is 1. The number of aliphatic hydroxyl groups is 1. The molecule has 20 heavy (non-hydrogen) atoms. The Labute approximate surface area is 116 Å². The van der Waals surface area contributed by atoms with Crippen molar-refractivity contribution in [1.82, 2.24) is 4.90 Å². The van der Waals surface area contributed by atoms with Crippen molar-refractivity contribution in [1.29, 1.82) is 0 Å². The van der Waals surface area contributed by atoms with Crippen molar-refractivity contribution in [3.8, 4) is 5.75 Å². The molecule has 0 aliphatic carbocycles. The van der Waals surface area contributed by atoms with Gasteiger partial charge in [0, 0.05) is 12.6 Å². The molecule has 2 atom stereocenters. The summed E-state index contributed by atoms with van der Waals surface area (Å²) in [5, 5.41) is 9.28. The highest BCUT2D eigenvalue weighted by Crippen LogP contribution is 2.24. The fraction of sp³-hybridized carbons (Fsp3) is 0.500. The van der Waals surface area contributed by atoms with Crippen LogP contribution in [0.3, 0.4) is 0 Å². The Balaban J connectivity index is 1.95. The van der Waals surface area contributed by atoms with Crippen LogP contribution in [0.15, 0.2) is 18.2 Å². The van der Waals surface area contributed by atoms with Crippen molar-refractivity contribution in [3.63, 3.8) is 0 Å². The second kappa shape index (κ2) is 6.17. The summed E-state index contributed by atoms with van der Waals surface area (Å²) in [4.78, 5) is 13.6. The minimum absolute atomic E-state index is 0.0994. The van der Waals surface area contributed by atoms with Gasteiger partial charge in [0.2, 0.25) is 0 Å². The second-order valence-electron chi connectivity index (χ2n) is 4.97. The SMILES string of the molecule is CC1CCN(C(=O)COc2ccc(F)cc2F)C1CO. The fourth-order valence-corrected chi connectivity index (χ4v) is 2.41. The predicted molar refractivity (Wildman–Crippen MR) is 68.2 cm³/mol. The van der Waals surface area contributed by atoms with Gasteiger partial charge in [0.15, 0.2) is 18.2 Å². The lowest BCUT2D eigenvalue weighted by molar-refractivity contribution is -0.135. The number of likely N-dealkylation sites (tertiary alicyclic amines) is 1. The summed E-state index contributed by atoms with van der Waals surface area (Å²) in [5.41, 5.74) is 0. The topological polar surface area (TPSA) is 49.8 Å². The number of carbonyl (C=O) groups excluding carboxylic acids is 1. The number of ether oxygens (including phenoxy) is 1. The molecule has 4 nitrogen and oxygen atoms in total. The molecule has 1 aromatic carbocycles. The van der Waals surface area contributed by atoms with Crippen LogP contribution in [0.1, 0.15) is 13.3 Å². The van der Waals surface area contributed by atoms with Crippen molar-refractivity contribution in [2.45, 2.75) is 19.4 Å². The van der Waals surface area contributed by atoms with E-state index in [9.17, 15) is 18.7 Å². The third-order valence-electron chi connectivity index (χ3n) is 3.64. The van der Waals surface area contributed by atoms with Gasteiger partial charge in [-0.3, -0.25) is 4.79 Å². The number of nitrogens with zero attached hydrogens (tertiary/aromatic N) is 1. The van der Waals surface area contributed by atoms with Gasteiger partial charge in [0.1, 0.15) is 5.82 Å². The molecule has 1 aliphatic rings. The van der Waals surface area contributed by atoms with Crippen molar-refractivity contribution in [3.05, 3.63) is 29.8 Å². The summed E-state index contributed by atoms with van der Waals surface area (Å²) in [5.74, 6) is -1.78. The number of aliphatic hydroxyl groups excluding tert-OH is 1. The zero-order valence-electron chi connectivity index (χ0n) is 11.2. The van der Waals surface area contributed by atoms with E-state index in [1.54, 1.807) is 4.90 Å². The smallest absolute Gasteiger partial charge is 0.260 e. The largest absolute Gasteiger partial charge is 0.481 e. The number of carbonyl (C=O) groups is 1. The van der Waals surface area contributed by atoms with E-state index in [1.807, 2.05) is 6.92 Å². The van der Waals surface area contributed by atoms with Crippen LogP contribution in [0.4, 0.5) is 8.78 Å². The molecule has 1 saturated heterocycles. The molecule has 6 heteroatoms. The summed E-state index contributed by atoms with van der Waals surface area (Å²) in [6.07, 6.45) is 0.821. The van der Waals surface area contributed by atoms with Crippen LogP contribution in [0.25, 0.3) is 0 Å². The van der Waals surface area contributed by atoms with Gasteiger partial charge in [0.25, 0.3) is 5.91 Å². The zero-order valence-corrected chi connectivity index (χ0v) is 11.2. The van der Waals surface area contributed by atoms with Gasteiger partial charge in [-0.15, -0.1) is 0 Å². The molecule has 1 heterocycles. The predicted octanol–water partition coefficient (Wildman–Crippen LogP) is 1.57. The molecule has 0 spiro atoms. The monoisotopic (exact) mass is 285 g/mol. The Morgan fingerprint density at radius 1 is 1.50 bits per heavy atom. The van der Waals surface area contributed by atoms with E-state index < -0.39 is 11.6 Å². The summed E-state index contributed by atoms with van der Waals surface area (Å²) in [6, 6.07) is 2.70. The van der Waals surface area contributed by atoms with Crippen LogP contribution < -0.4 is 4.74 Å². The first-order valence-corrected chi connectivity index (χ1v) is 6.51. The molecule has 2 unspecified atom stereocenters. The lowest BCUT2D eigenvalue weighted by Gasteiger charge is -2.25. The first-order chi connectivity index (χ1) is 9.52. The van der Waals surface area contributed by atoms with Crippen molar-refractivity contribution >= 4 is 5.91 Å². The zero-order chi connectivity index (χ0) is 14.7. The Morgan fingerprint density at radius 3 is 2.90 bits per heavy atom. The molecule has 1 fully saturated rings.